The zero-order valence-corrected chi connectivity index (χ0v) is 5.92. The summed E-state index contributed by atoms with van der Waals surface area (Å²) in [6, 6.07) is 0. The van der Waals surface area contributed by atoms with E-state index in [0.717, 1.165) is 0 Å². The molecule has 0 unspecified atom stereocenters. The van der Waals surface area contributed by atoms with Crippen molar-refractivity contribution in [3.63, 3.8) is 0 Å². The number of rotatable bonds is 1. The lowest BCUT2D eigenvalue weighted by atomic mass is 10.0. The van der Waals surface area contributed by atoms with Crippen LogP contribution in [0.2, 0.25) is 0 Å². The molecule has 5 nitrogen and oxygen atoms in total. The second-order valence-corrected chi connectivity index (χ2v) is 2.61. The van der Waals surface area contributed by atoms with Crippen LogP contribution in [-0.2, 0) is 4.74 Å². The molecule has 0 bridgehead atoms. The van der Waals surface area contributed by atoms with Crippen molar-refractivity contribution in [2.75, 3.05) is 6.61 Å². The Labute approximate surface area is 63.8 Å². The number of hydrogen-bond donors (Lipinski definition) is 4. The van der Waals surface area contributed by atoms with Crippen LogP contribution in [0.15, 0.2) is 0 Å². The third-order valence-electron chi connectivity index (χ3n) is 1.73. The quantitative estimate of drug-likeness (QED) is 0.353. The average molecular weight is 164 g/mol. The van der Waals surface area contributed by atoms with Crippen molar-refractivity contribution in [2.24, 2.45) is 0 Å². The first kappa shape index (κ1) is 8.89. The summed E-state index contributed by atoms with van der Waals surface area (Å²) in [7, 11) is 0. The van der Waals surface area contributed by atoms with Gasteiger partial charge in [0.1, 0.15) is 12.2 Å². The predicted octanol–water partition coefficient (Wildman–Crippen LogP) is -2.19. The van der Waals surface area contributed by atoms with E-state index >= 15 is 0 Å². The first-order valence-electron chi connectivity index (χ1n) is 3.45. The Morgan fingerprint density at radius 2 is 1.91 bits per heavy atom. The van der Waals surface area contributed by atoms with Crippen molar-refractivity contribution in [1.29, 1.82) is 0 Å². The molecule has 0 radical (unpaired) electrons. The van der Waals surface area contributed by atoms with Gasteiger partial charge in [-0.1, -0.05) is 0 Å². The number of aliphatic hydroxyl groups excluding tert-OH is 4. The van der Waals surface area contributed by atoms with E-state index in [9.17, 15) is 0 Å². The van der Waals surface area contributed by atoms with E-state index in [1.54, 1.807) is 0 Å². The summed E-state index contributed by atoms with van der Waals surface area (Å²) in [6.07, 6.45) is -4.11. The van der Waals surface area contributed by atoms with Crippen molar-refractivity contribution in [3.8, 4) is 0 Å². The highest BCUT2D eigenvalue weighted by molar-refractivity contribution is 4.81. The second-order valence-electron chi connectivity index (χ2n) is 2.61. The van der Waals surface area contributed by atoms with Gasteiger partial charge in [0.25, 0.3) is 0 Å². The van der Waals surface area contributed by atoms with E-state index in [1.807, 2.05) is 0 Å². The van der Waals surface area contributed by atoms with E-state index in [2.05, 4.69) is 0 Å². The fourth-order valence-corrected chi connectivity index (χ4v) is 1.08. The van der Waals surface area contributed by atoms with Gasteiger partial charge in [0.2, 0.25) is 0 Å². The Morgan fingerprint density at radius 1 is 1.27 bits per heavy atom. The van der Waals surface area contributed by atoms with E-state index in [0.29, 0.717) is 0 Å². The summed E-state index contributed by atoms with van der Waals surface area (Å²) < 4.78 is 4.71. The molecule has 0 aromatic heterocycles. The van der Waals surface area contributed by atoms with Crippen LogP contribution >= 0.6 is 0 Å². The van der Waals surface area contributed by atoms with Gasteiger partial charge in [-0.2, -0.15) is 0 Å². The molecule has 4 atom stereocenters. The van der Waals surface area contributed by atoms with Gasteiger partial charge in [0.15, 0.2) is 6.29 Å². The zero-order valence-electron chi connectivity index (χ0n) is 5.92. The molecule has 0 aromatic carbocycles. The molecular formula is C6H12O5. The van der Waals surface area contributed by atoms with Crippen LogP contribution in [0, 0.1) is 0 Å². The molecular weight excluding hydrogens is 152 g/mol. The molecule has 1 aliphatic heterocycles. The fourth-order valence-electron chi connectivity index (χ4n) is 1.08. The van der Waals surface area contributed by atoms with Gasteiger partial charge in [-0.3, -0.25) is 0 Å². The van der Waals surface area contributed by atoms with Crippen molar-refractivity contribution < 1.29 is 25.2 Å². The number of ether oxygens (including phenoxy) is 1. The Bertz CT molecular complexity index is 128. The molecule has 1 heterocycles. The van der Waals surface area contributed by atoms with E-state index < -0.39 is 31.2 Å². The topological polar surface area (TPSA) is 90.2 Å². The maximum atomic E-state index is 9.11. The molecule has 5 heteroatoms. The van der Waals surface area contributed by atoms with Crippen LogP contribution in [0.3, 0.4) is 0 Å². The van der Waals surface area contributed by atoms with E-state index in [4.69, 9.17) is 25.2 Å². The highest BCUT2D eigenvalue weighted by Gasteiger charge is 2.35. The Hall–Kier alpha value is -0.200. The third kappa shape index (κ3) is 1.88. The molecule has 11 heavy (non-hydrogen) atoms. The first-order chi connectivity index (χ1) is 5.15. The summed E-state index contributed by atoms with van der Waals surface area (Å²) in [4.78, 5) is 0. The monoisotopic (exact) mass is 164 g/mol. The molecule has 4 N–H and O–H groups in total. The van der Waals surface area contributed by atoms with Crippen LogP contribution in [0.25, 0.3) is 0 Å². The lowest BCUT2D eigenvalue weighted by Crippen LogP contribution is -2.49. The molecule has 66 valence electrons. The van der Waals surface area contributed by atoms with Crippen molar-refractivity contribution in [1.82, 2.24) is 0 Å². The summed E-state index contributed by atoms with van der Waals surface area (Å²) in [5, 5.41) is 35.6. The van der Waals surface area contributed by atoms with Gasteiger partial charge >= 0.3 is 0 Å². The minimum Gasteiger partial charge on any atom is -0.394 e. The number of aliphatic hydroxyl groups is 4. The van der Waals surface area contributed by atoms with Gasteiger partial charge < -0.3 is 25.2 Å². The Kier molecular flexibility index (Phi) is 2.80. The highest BCUT2D eigenvalue weighted by Crippen LogP contribution is 2.18. The minimum absolute atomic E-state index is 0.0162. The predicted molar refractivity (Wildman–Crippen MR) is 34.6 cm³/mol. The minimum atomic E-state index is -1.11. The molecule has 0 aliphatic carbocycles. The van der Waals surface area contributed by atoms with E-state index in [-0.39, 0.29) is 6.42 Å². The van der Waals surface area contributed by atoms with Crippen LogP contribution in [0.5, 0.6) is 0 Å². The van der Waals surface area contributed by atoms with Crippen LogP contribution in [-0.4, -0.2) is 51.6 Å². The largest absolute Gasteiger partial charge is 0.394 e. The van der Waals surface area contributed by atoms with Crippen molar-refractivity contribution in [3.05, 3.63) is 0 Å². The normalized spacial score (nSPS) is 45.8. The van der Waals surface area contributed by atoms with Gasteiger partial charge in [-0.15, -0.1) is 0 Å². The number of hydrogen-bond acceptors (Lipinski definition) is 5. The lowest BCUT2D eigenvalue weighted by molar-refractivity contribution is -0.239. The molecule has 0 spiro atoms. The highest BCUT2D eigenvalue weighted by atomic mass is 16.6. The fraction of sp³-hybridized carbons (Fsp3) is 1.00. The van der Waals surface area contributed by atoms with Crippen LogP contribution in [0.4, 0.5) is 0 Å². The summed E-state index contributed by atoms with van der Waals surface area (Å²) in [5.74, 6) is 0. The molecule has 0 saturated carbocycles. The average Bonchev–Trinajstić information content (AvgIpc) is 1.96. The van der Waals surface area contributed by atoms with Gasteiger partial charge in [-0.05, 0) is 0 Å². The molecule has 1 rings (SSSR count). The van der Waals surface area contributed by atoms with Crippen molar-refractivity contribution in [2.45, 2.75) is 31.0 Å². The second kappa shape index (κ2) is 3.46. The molecule has 1 aliphatic rings. The third-order valence-corrected chi connectivity index (χ3v) is 1.73. The first-order valence-corrected chi connectivity index (χ1v) is 3.45. The van der Waals surface area contributed by atoms with Crippen LogP contribution in [0.1, 0.15) is 6.42 Å². The van der Waals surface area contributed by atoms with E-state index in [1.165, 1.54) is 0 Å². The van der Waals surface area contributed by atoms with Gasteiger partial charge in [0, 0.05) is 6.42 Å². The molecule has 0 amide bonds. The smallest absolute Gasteiger partial charge is 0.157 e. The summed E-state index contributed by atoms with van der Waals surface area (Å²) in [6.45, 7) is -0.407. The molecule has 1 fully saturated rings. The van der Waals surface area contributed by atoms with Gasteiger partial charge in [0.05, 0.1) is 12.7 Å². The zero-order chi connectivity index (χ0) is 8.43. The van der Waals surface area contributed by atoms with Gasteiger partial charge in [-0.25, -0.2) is 0 Å². The summed E-state index contributed by atoms with van der Waals surface area (Å²) >= 11 is 0. The Morgan fingerprint density at radius 3 is 2.45 bits per heavy atom. The standard InChI is InChI=1S/C6H12O5/c7-2-4-6(10)3(8)1-5(9)11-4/h3-10H,1-2H2/t3-,4+,5-,6-/m1/s1. The molecule has 1 saturated heterocycles. The SMILES string of the molecule is OC[C@@H]1O[C@@H](O)C[C@@H](O)[C@H]1O. The van der Waals surface area contributed by atoms with Crippen LogP contribution < -0.4 is 0 Å². The lowest BCUT2D eigenvalue weighted by Gasteiger charge is -2.33. The maximum absolute atomic E-state index is 9.11. The van der Waals surface area contributed by atoms with Crippen molar-refractivity contribution >= 4 is 0 Å². The summed E-state index contributed by atoms with van der Waals surface area (Å²) in [5.41, 5.74) is 0. The Balaban J connectivity index is 2.51. The maximum Gasteiger partial charge on any atom is 0.157 e. The molecule has 0 aromatic rings.